The van der Waals surface area contributed by atoms with Gasteiger partial charge >= 0.3 is 0 Å². The molecule has 0 radical (unpaired) electrons. The lowest BCUT2D eigenvalue weighted by molar-refractivity contribution is 0.0355. The highest BCUT2D eigenvalue weighted by molar-refractivity contribution is 5.36. The average Bonchev–Trinajstić information content (AvgIpc) is 2.66. The summed E-state index contributed by atoms with van der Waals surface area (Å²) in [5.41, 5.74) is 2.86. The minimum absolute atomic E-state index is 0.317. The summed E-state index contributed by atoms with van der Waals surface area (Å²) < 4.78 is 5.94. The molecule has 1 aliphatic rings. The van der Waals surface area contributed by atoms with E-state index in [2.05, 4.69) is 43.4 Å². The molecule has 2 unspecified atom stereocenters. The van der Waals surface area contributed by atoms with Gasteiger partial charge in [-0.05, 0) is 24.1 Å². The zero-order chi connectivity index (χ0) is 11.4. The zero-order valence-corrected chi connectivity index (χ0v) is 10.2. The van der Waals surface area contributed by atoms with Gasteiger partial charge in [-0.25, -0.2) is 0 Å². The molecule has 0 spiro atoms. The summed E-state index contributed by atoms with van der Waals surface area (Å²) in [7, 11) is 0. The Morgan fingerprint density at radius 1 is 1.31 bits per heavy atom. The number of benzene rings is 1. The first-order chi connectivity index (χ1) is 7.86. The van der Waals surface area contributed by atoms with E-state index in [1.807, 2.05) is 0 Å². The molecular weight excluding hydrogens is 198 g/mol. The summed E-state index contributed by atoms with van der Waals surface area (Å²) in [4.78, 5) is 0. The lowest BCUT2D eigenvalue weighted by atomic mass is 10.1. The van der Waals surface area contributed by atoms with Crippen LogP contribution in [-0.4, -0.2) is 19.3 Å². The van der Waals surface area contributed by atoms with Gasteiger partial charge in [0.1, 0.15) is 0 Å². The van der Waals surface area contributed by atoms with Crippen molar-refractivity contribution in [3.8, 4) is 0 Å². The lowest BCUT2D eigenvalue weighted by Crippen LogP contribution is -2.31. The summed E-state index contributed by atoms with van der Waals surface area (Å²) in [6, 6.07) is 9.05. The Hall–Kier alpha value is -0.860. The maximum atomic E-state index is 5.94. The third-order valence-corrected chi connectivity index (χ3v) is 3.14. The predicted octanol–water partition coefficient (Wildman–Crippen LogP) is 2.69. The topological polar surface area (TPSA) is 21.3 Å². The van der Waals surface area contributed by atoms with Gasteiger partial charge in [-0.1, -0.05) is 38.1 Å². The SMILES string of the molecule is CCCOC1Cc2ccccc2C1NCC. The third kappa shape index (κ3) is 2.28. The Kier molecular flexibility index (Phi) is 3.97. The van der Waals surface area contributed by atoms with Crippen molar-refractivity contribution in [1.29, 1.82) is 0 Å². The maximum absolute atomic E-state index is 5.94. The van der Waals surface area contributed by atoms with E-state index in [-0.39, 0.29) is 0 Å². The quantitative estimate of drug-likeness (QED) is 0.822. The van der Waals surface area contributed by atoms with Crippen LogP contribution in [0.4, 0.5) is 0 Å². The smallest absolute Gasteiger partial charge is 0.0810 e. The van der Waals surface area contributed by atoms with Crippen LogP contribution < -0.4 is 5.32 Å². The highest BCUT2D eigenvalue weighted by Gasteiger charge is 2.31. The van der Waals surface area contributed by atoms with Crippen LogP contribution in [0.3, 0.4) is 0 Å². The van der Waals surface area contributed by atoms with Crippen molar-refractivity contribution >= 4 is 0 Å². The lowest BCUT2D eigenvalue weighted by Gasteiger charge is -2.21. The van der Waals surface area contributed by atoms with E-state index in [4.69, 9.17) is 4.74 Å². The van der Waals surface area contributed by atoms with E-state index in [0.29, 0.717) is 12.1 Å². The van der Waals surface area contributed by atoms with Crippen LogP contribution in [0.1, 0.15) is 37.4 Å². The molecule has 0 aliphatic heterocycles. The Balaban J connectivity index is 2.13. The molecule has 1 aliphatic carbocycles. The Labute approximate surface area is 98.0 Å². The van der Waals surface area contributed by atoms with Crippen molar-refractivity contribution in [1.82, 2.24) is 5.32 Å². The molecule has 1 aromatic carbocycles. The minimum Gasteiger partial charge on any atom is -0.376 e. The largest absolute Gasteiger partial charge is 0.376 e. The summed E-state index contributed by atoms with van der Waals surface area (Å²) in [6.45, 7) is 6.16. The van der Waals surface area contributed by atoms with Crippen molar-refractivity contribution < 1.29 is 4.74 Å². The first-order valence-electron chi connectivity index (χ1n) is 6.29. The average molecular weight is 219 g/mol. The molecular formula is C14H21NO. The minimum atomic E-state index is 0.317. The summed E-state index contributed by atoms with van der Waals surface area (Å²) in [5.74, 6) is 0. The second-order valence-corrected chi connectivity index (χ2v) is 4.35. The molecule has 0 saturated heterocycles. The van der Waals surface area contributed by atoms with Gasteiger partial charge in [0.05, 0.1) is 12.1 Å². The molecule has 88 valence electrons. The molecule has 0 heterocycles. The summed E-state index contributed by atoms with van der Waals surface area (Å²) >= 11 is 0. The fraction of sp³-hybridized carbons (Fsp3) is 0.571. The van der Waals surface area contributed by atoms with Gasteiger partial charge in [0.15, 0.2) is 0 Å². The molecule has 0 bridgehead atoms. The monoisotopic (exact) mass is 219 g/mol. The number of likely N-dealkylation sites (N-methyl/N-ethyl adjacent to an activating group) is 1. The summed E-state index contributed by atoms with van der Waals surface area (Å²) in [5, 5.41) is 3.53. The highest BCUT2D eigenvalue weighted by atomic mass is 16.5. The van der Waals surface area contributed by atoms with Crippen LogP contribution in [0.15, 0.2) is 24.3 Å². The van der Waals surface area contributed by atoms with Gasteiger partial charge in [-0.2, -0.15) is 0 Å². The van der Waals surface area contributed by atoms with Crippen LogP contribution >= 0.6 is 0 Å². The van der Waals surface area contributed by atoms with Crippen molar-refractivity contribution in [3.05, 3.63) is 35.4 Å². The van der Waals surface area contributed by atoms with Crippen LogP contribution in [0.25, 0.3) is 0 Å². The second kappa shape index (κ2) is 5.46. The maximum Gasteiger partial charge on any atom is 0.0810 e. The van der Waals surface area contributed by atoms with Crippen molar-refractivity contribution in [2.45, 2.75) is 38.8 Å². The number of rotatable bonds is 5. The van der Waals surface area contributed by atoms with Gasteiger partial charge < -0.3 is 10.1 Å². The molecule has 0 aromatic heterocycles. The van der Waals surface area contributed by atoms with Crippen LogP contribution in [0, 0.1) is 0 Å². The standard InChI is InChI=1S/C14H21NO/c1-3-9-16-13-10-11-7-5-6-8-12(11)14(13)15-4-2/h5-8,13-15H,3-4,9-10H2,1-2H3. The number of hydrogen-bond donors (Lipinski definition) is 1. The van der Waals surface area contributed by atoms with Crippen LogP contribution in [-0.2, 0) is 11.2 Å². The fourth-order valence-electron chi connectivity index (χ4n) is 2.44. The van der Waals surface area contributed by atoms with E-state index < -0.39 is 0 Å². The van der Waals surface area contributed by atoms with Gasteiger partial charge in [0.25, 0.3) is 0 Å². The first-order valence-corrected chi connectivity index (χ1v) is 6.29. The number of hydrogen-bond acceptors (Lipinski definition) is 2. The normalized spacial score (nSPS) is 23.4. The van der Waals surface area contributed by atoms with E-state index >= 15 is 0 Å². The highest BCUT2D eigenvalue weighted by Crippen LogP contribution is 2.33. The van der Waals surface area contributed by atoms with Gasteiger partial charge in [-0.3, -0.25) is 0 Å². The predicted molar refractivity (Wildman–Crippen MR) is 66.6 cm³/mol. The molecule has 0 amide bonds. The first kappa shape index (κ1) is 11.6. The van der Waals surface area contributed by atoms with Crippen LogP contribution in [0.2, 0.25) is 0 Å². The molecule has 0 fully saturated rings. The Morgan fingerprint density at radius 2 is 2.12 bits per heavy atom. The Bertz CT molecular complexity index is 337. The van der Waals surface area contributed by atoms with Crippen LogP contribution in [0.5, 0.6) is 0 Å². The molecule has 1 aromatic rings. The number of fused-ring (bicyclic) bond motifs is 1. The molecule has 2 atom stereocenters. The van der Waals surface area contributed by atoms with E-state index in [1.54, 1.807) is 0 Å². The second-order valence-electron chi connectivity index (χ2n) is 4.35. The molecule has 16 heavy (non-hydrogen) atoms. The van der Waals surface area contributed by atoms with Gasteiger partial charge in [-0.15, -0.1) is 0 Å². The fourth-order valence-corrected chi connectivity index (χ4v) is 2.44. The van der Waals surface area contributed by atoms with Gasteiger partial charge in [0, 0.05) is 13.0 Å². The number of ether oxygens (including phenoxy) is 1. The van der Waals surface area contributed by atoms with Crippen molar-refractivity contribution in [2.75, 3.05) is 13.2 Å². The molecule has 2 heteroatoms. The van der Waals surface area contributed by atoms with E-state index in [1.165, 1.54) is 11.1 Å². The van der Waals surface area contributed by atoms with E-state index in [0.717, 1.165) is 26.0 Å². The summed E-state index contributed by atoms with van der Waals surface area (Å²) in [6.07, 6.45) is 2.46. The molecule has 1 N–H and O–H groups in total. The zero-order valence-electron chi connectivity index (χ0n) is 10.2. The van der Waals surface area contributed by atoms with Crippen molar-refractivity contribution in [3.63, 3.8) is 0 Å². The molecule has 2 nitrogen and oxygen atoms in total. The number of nitrogens with one attached hydrogen (secondary N) is 1. The van der Waals surface area contributed by atoms with Crippen molar-refractivity contribution in [2.24, 2.45) is 0 Å². The van der Waals surface area contributed by atoms with Gasteiger partial charge in [0.2, 0.25) is 0 Å². The third-order valence-electron chi connectivity index (χ3n) is 3.14. The molecule has 0 saturated carbocycles. The van der Waals surface area contributed by atoms with E-state index in [9.17, 15) is 0 Å². The Morgan fingerprint density at radius 3 is 2.88 bits per heavy atom. The molecule has 2 rings (SSSR count).